The second-order valence-electron chi connectivity index (χ2n) is 20.0. The minimum absolute atomic E-state index is 0.215. The van der Waals surface area contributed by atoms with Gasteiger partial charge in [-0.3, -0.25) is 25.3 Å². The largest absolute Gasteiger partial charge is 0.443 e. The summed E-state index contributed by atoms with van der Waals surface area (Å²) in [6, 6.07) is 44.3. The van der Waals surface area contributed by atoms with E-state index in [4.69, 9.17) is 9.47 Å². The number of imide groups is 1. The van der Waals surface area contributed by atoms with Gasteiger partial charge >= 0.3 is 23.9 Å². The van der Waals surface area contributed by atoms with Gasteiger partial charge in [-0.05, 0) is 180 Å². The predicted molar refractivity (Wildman–Crippen MR) is 427 cm³/mol. The van der Waals surface area contributed by atoms with Crippen LogP contribution in [0.5, 0.6) is 0 Å². The second kappa shape index (κ2) is 57.0. The van der Waals surface area contributed by atoms with Gasteiger partial charge in [0.25, 0.3) is 11.8 Å². The minimum atomic E-state index is -0.804. The van der Waals surface area contributed by atoms with Crippen molar-refractivity contribution in [3.8, 4) is 17.1 Å². The Bertz CT molecular complexity index is 3400. The zero-order chi connectivity index (χ0) is 74.4. The molecular formula is C74H111I2N9O9P2. The number of rotatable bonds is 13. The SMILES string of the molecule is CC.CC.CC.CC.CC.CC.CCc1cccc(-n2nc(-c3cccc(PC)c3)[nH]c2=O)c1.CCc1cccc(C(=O)N=C=O)c1.CCc1cccc(N(NC(=O)OC(C)(C)C)C(=O)NC(=O)c2cccc(PC)c2)c1.CCc1cccc(NNC(=O)OC(C)(C)C)c1.II. The predicted octanol–water partition coefficient (Wildman–Crippen LogP) is 19.5. The molecule has 530 valence electrons. The maximum Gasteiger partial charge on any atom is 0.427 e. The molecule has 5 N–H and O–H groups in total. The topological polar surface area (TPSA) is 235 Å². The lowest BCUT2D eigenvalue weighted by Crippen LogP contribution is -2.53. The molecule has 2 atom stereocenters. The number of aromatic nitrogens is 3. The van der Waals surface area contributed by atoms with Crippen LogP contribution < -0.4 is 42.9 Å². The molecule has 0 saturated carbocycles. The number of anilines is 2. The molecule has 6 aromatic carbocycles. The van der Waals surface area contributed by atoms with Crippen LogP contribution in [0, 0.1) is 0 Å². The molecule has 22 heteroatoms. The Labute approximate surface area is 601 Å². The third-order valence-corrected chi connectivity index (χ3v) is 13.2. The van der Waals surface area contributed by atoms with Crippen LogP contribution >= 0.6 is 54.4 Å². The van der Waals surface area contributed by atoms with Crippen molar-refractivity contribution in [3.63, 3.8) is 0 Å². The highest BCUT2D eigenvalue weighted by Gasteiger charge is 2.25. The Hall–Kier alpha value is -7.09. The average Bonchev–Trinajstić information content (AvgIpc) is 1.56. The summed E-state index contributed by atoms with van der Waals surface area (Å²) in [5.74, 6) is -0.486. The molecule has 0 aliphatic heterocycles. The molecule has 2 unspecified atom stereocenters. The standard InChI is InChI=1S/C22H28N3O4P.C17H18N3OP.C13H20N2O2.C10H9NO2.6C2H6.I2/c1-6-15-9-7-11-17(13-15)25(24-21(28)29-22(2,3)4)20(27)23-19(26)16-10-8-12-18(14-16)30-5;1-3-12-6-4-8-14(10-12)20-17(21)18-16(19-20)13-7-5-9-15(11-13)22-2;1-5-10-7-6-8-11(9-10)14-15-12(16)17-13(2,3)4;1-2-8-4-3-5-9(6-8)10(13)11-7-12;7*1-2/h7-14,30H,6H2,1-5H3,(H,24,28)(H,23,26,27);4-11,22H,3H2,1-2H3,(H,18,19,21);6-9,14H,5H2,1-4H3,(H,15,16);3-6H,2H2,1H3;6*1-2H3;. The van der Waals surface area contributed by atoms with Crippen molar-refractivity contribution in [1.29, 1.82) is 0 Å². The number of carbonyl (C=O) groups is 5. The molecule has 1 heterocycles. The molecule has 0 saturated heterocycles. The summed E-state index contributed by atoms with van der Waals surface area (Å²) in [5.41, 5.74) is 14.5. The summed E-state index contributed by atoms with van der Waals surface area (Å²) < 4.78 is 11.8. The summed E-state index contributed by atoms with van der Waals surface area (Å²) >= 11 is 4.24. The van der Waals surface area contributed by atoms with E-state index in [2.05, 4.69) is 107 Å². The summed E-state index contributed by atoms with van der Waals surface area (Å²) in [4.78, 5) is 88.2. The highest BCUT2D eigenvalue weighted by Crippen LogP contribution is 2.19. The quantitative estimate of drug-likeness (QED) is 0.0239. The number of hydrogen-bond donors (Lipinski definition) is 5. The fraction of sp³-hybridized carbons (Fsp3) is 0.405. The first-order chi connectivity index (χ1) is 46.0. The number of carbonyl (C=O) groups excluding carboxylic acids is 6. The first kappa shape index (κ1) is 95.3. The van der Waals surface area contributed by atoms with Gasteiger partial charge in [0, 0.05) is 53.9 Å². The molecule has 0 aliphatic carbocycles. The zero-order valence-corrected chi connectivity index (χ0v) is 67.7. The van der Waals surface area contributed by atoms with E-state index in [1.807, 2.05) is 203 Å². The molecule has 0 bridgehead atoms. The maximum absolute atomic E-state index is 12.9. The number of aromatic amines is 1. The number of nitrogens with one attached hydrogen (secondary N) is 5. The van der Waals surface area contributed by atoms with Crippen molar-refractivity contribution >= 4 is 112 Å². The lowest BCUT2D eigenvalue weighted by atomic mass is 10.1. The van der Waals surface area contributed by atoms with Crippen LogP contribution in [0.15, 0.2) is 155 Å². The van der Waals surface area contributed by atoms with Gasteiger partial charge in [0.2, 0.25) is 6.08 Å². The third-order valence-electron chi connectivity index (χ3n) is 11.4. The molecule has 0 radical (unpaired) electrons. The zero-order valence-electron chi connectivity index (χ0n) is 61.4. The lowest BCUT2D eigenvalue weighted by Gasteiger charge is -2.26. The van der Waals surface area contributed by atoms with Crippen molar-refractivity contribution < 1.29 is 38.2 Å². The van der Waals surface area contributed by atoms with Gasteiger partial charge < -0.3 is 9.47 Å². The van der Waals surface area contributed by atoms with Crippen LogP contribution in [-0.2, 0) is 40.0 Å². The molecule has 7 aromatic rings. The summed E-state index contributed by atoms with van der Waals surface area (Å²) in [6.45, 7) is 46.9. The fourth-order valence-electron chi connectivity index (χ4n) is 7.27. The Kier molecular flexibility index (Phi) is 56.6. The van der Waals surface area contributed by atoms with Crippen molar-refractivity contribution in [2.75, 3.05) is 23.8 Å². The maximum atomic E-state index is 12.9. The van der Waals surface area contributed by atoms with E-state index >= 15 is 0 Å². The smallest absolute Gasteiger partial charge is 0.427 e. The fourth-order valence-corrected chi connectivity index (χ4v) is 8.39. The number of H-pyrrole nitrogens is 1. The van der Waals surface area contributed by atoms with Gasteiger partial charge in [0.15, 0.2) is 5.82 Å². The number of isocyanates is 1. The van der Waals surface area contributed by atoms with E-state index in [0.29, 0.717) is 31.2 Å². The minimum Gasteiger partial charge on any atom is -0.443 e. The van der Waals surface area contributed by atoms with Crippen molar-refractivity contribution in [3.05, 3.63) is 189 Å². The highest BCUT2D eigenvalue weighted by molar-refractivity contribution is 15.0. The third kappa shape index (κ3) is 39.8. The summed E-state index contributed by atoms with van der Waals surface area (Å²) in [7, 11) is 1.25. The number of hydrazine groups is 2. The van der Waals surface area contributed by atoms with Crippen LogP contribution in [-0.4, -0.2) is 75.4 Å². The highest BCUT2D eigenvalue weighted by atomic mass is 128. The monoisotopic (exact) mass is 1590 g/mol. The van der Waals surface area contributed by atoms with Gasteiger partial charge in [-0.25, -0.2) is 34.8 Å². The van der Waals surface area contributed by atoms with Crippen LogP contribution in [0.25, 0.3) is 17.1 Å². The molecule has 6 amide bonds. The number of amides is 6. The van der Waals surface area contributed by atoms with Crippen LogP contribution in [0.2, 0.25) is 0 Å². The average molecular weight is 1590 g/mol. The van der Waals surface area contributed by atoms with E-state index < -0.39 is 41.2 Å². The first-order valence-electron chi connectivity index (χ1n) is 32.8. The number of urea groups is 1. The number of ether oxygens (including phenoxy) is 2. The summed E-state index contributed by atoms with van der Waals surface area (Å²) in [6.07, 6.45) is 3.43. The molecule has 96 heavy (non-hydrogen) atoms. The van der Waals surface area contributed by atoms with E-state index in [1.54, 1.807) is 75.4 Å². The van der Waals surface area contributed by atoms with E-state index in [9.17, 15) is 33.6 Å². The van der Waals surface area contributed by atoms with Gasteiger partial charge in [0.05, 0.1) is 17.1 Å². The molecule has 7 rings (SSSR count). The van der Waals surface area contributed by atoms with Crippen molar-refractivity contribution in [2.45, 2.75) is 189 Å². The molecule has 1 aromatic heterocycles. The molecular weight excluding hydrogens is 1470 g/mol. The number of nitrogens with zero attached hydrogens (tertiary/aromatic N) is 4. The Morgan fingerprint density at radius 3 is 1.54 bits per heavy atom. The van der Waals surface area contributed by atoms with Gasteiger partial charge in [-0.1, -0.05) is 207 Å². The van der Waals surface area contributed by atoms with E-state index in [0.717, 1.165) is 72.6 Å². The van der Waals surface area contributed by atoms with Gasteiger partial charge in [-0.15, -0.1) is 10.1 Å². The molecule has 0 aliphatic rings. The number of aryl methyl sites for hydroxylation is 4. The second-order valence-corrected chi connectivity index (χ2v) is 22.1. The van der Waals surface area contributed by atoms with E-state index in [-0.39, 0.29) is 5.69 Å². The van der Waals surface area contributed by atoms with Crippen molar-refractivity contribution in [2.24, 2.45) is 4.99 Å². The van der Waals surface area contributed by atoms with Gasteiger partial charge in [0.1, 0.15) is 11.2 Å². The van der Waals surface area contributed by atoms with Crippen LogP contribution in [0.1, 0.15) is 195 Å². The number of benzene rings is 6. The molecule has 0 fully saturated rings. The number of aliphatic imine (C=N–C) groups is 1. The Morgan fingerprint density at radius 1 is 0.573 bits per heavy atom. The Balaban J connectivity index is -0.000000571. The number of halogens is 2. The Morgan fingerprint density at radius 2 is 1.02 bits per heavy atom. The molecule has 18 nitrogen and oxygen atoms in total. The lowest BCUT2D eigenvalue weighted by molar-refractivity contribution is 0.0518. The van der Waals surface area contributed by atoms with E-state index in [1.165, 1.54) is 27.2 Å². The van der Waals surface area contributed by atoms with Gasteiger partial charge in [-0.2, -0.15) is 9.69 Å². The number of hydrogen-bond acceptors (Lipinski definition) is 11. The normalized spacial score (nSPS) is 9.69. The van der Waals surface area contributed by atoms with Crippen LogP contribution in [0.4, 0.5) is 25.8 Å². The van der Waals surface area contributed by atoms with Crippen LogP contribution in [0.3, 0.4) is 0 Å². The molecule has 0 spiro atoms. The van der Waals surface area contributed by atoms with Crippen molar-refractivity contribution in [1.82, 2.24) is 30.9 Å². The summed E-state index contributed by atoms with van der Waals surface area (Å²) in [5, 5.41) is 10.0. The first-order valence-corrected chi connectivity index (χ1v) is 42.1.